The third-order valence-electron chi connectivity index (χ3n) is 5.47. The van der Waals surface area contributed by atoms with Crippen molar-refractivity contribution >= 4 is 5.69 Å². The number of aromatic nitrogens is 2. The van der Waals surface area contributed by atoms with Crippen molar-refractivity contribution in [3.8, 4) is 0 Å². The van der Waals surface area contributed by atoms with E-state index in [9.17, 15) is 0 Å². The van der Waals surface area contributed by atoms with Gasteiger partial charge in [-0.3, -0.25) is 4.68 Å². The molecule has 0 amide bonds. The van der Waals surface area contributed by atoms with Crippen LogP contribution in [0.4, 0.5) is 5.69 Å². The van der Waals surface area contributed by atoms with Crippen molar-refractivity contribution in [3.05, 3.63) is 12.4 Å². The van der Waals surface area contributed by atoms with Crippen LogP contribution in [0.2, 0.25) is 0 Å². The minimum atomic E-state index is 0.206. The lowest BCUT2D eigenvalue weighted by Crippen LogP contribution is -2.63. The zero-order valence-corrected chi connectivity index (χ0v) is 12.9. The van der Waals surface area contributed by atoms with Crippen molar-refractivity contribution < 1.29 is 9.47 Å². The number of hydrogen-bond donors (Lipinski definition) is 1. The zero-order valence-electron chi connectivity index (χ0n) is 12.9. The second-order valence-corrected chi connectivity index (χ2v) is 7.27. The first kappa shape index (κ1) is 13.6. The summed E-state index contributed by atoms with van der Waals surface area (Å²) in [6.45, 7) is 7.28. The van der Waals surface area contributed by atoms with Crippen molar-refractivity contribution in [2.24, 2.45) is 11.3 Å². The number of ether oxygens (including phenoxy) is 2. The van der Waals surface area contributed by atoms with E-state index in [-0.39, 0.29) is 5.41 Å². The summed E-state index contributed by atoms with van der Waals surface area (Å²) in [5, 5.41) is 8.15. The van der Waals surface area contributed by atoms with Gasteiger partial charge in [-0.2, -0.15) is 5.10 Å². The Hall–Kier alpha value is -1.07. The van der Waals surface area contributed by atoms with Gasteiger partial charge in [0.05, 0.1) is 30.6 Å². The van der Waals surface area contributed by atoms with E-state index in [1.54, 1.807) is 0 Å². The second kappa shape index (κ2) is 4.99. The highest BCUT2D eigenvalue weighted by atomic mass is 16.5. The first-order valence-corrected chi connectivity index (χ1v) is 8.17. The number of nitrogens with one attached hydrogen (secondary N) is 1. The summed E-state index contributed by atoms with van der Waals surface area (Å²) < 4.78 is 13.5. The van der Waals surface area contributed by atoms with E-state index in [1.165, 1.54) is 12.8 Å². The fraction of sp³-hybridized carbons (Fsp3) is 0.812. The summed E-state index contributed by atoms with van der Waals surface area (Å²) in [7, 11) is 0. The summed E-state index contributed by atoms with van der Waals surface area (Å²) in [5.41, 5.74) is 1.33. The maximum atomic E-state index is 5.85. The highest BCUT2D eigenvalue weighted by Crippen LogP contribution is 2.53. The van der Waals surface area contributed by atoms with Gasteiger partial charge in [0, 0.05) is 36.8 Å². The fourth-order valence-corrected chi connectivity index (χ4v) is 4.33. The average Bonchev–Trinajstić information content (AvgIpc) is 3.17. The van der Waals surface area contributed by atoms with Crippen LogP contribution in [-0.2, 0) is 16.0 Å². The van der Waals surface area contributed by atoms with Gasteiger partial charge < -0.3 is 14.8 Å². The molecule has 0 spiro atoms. The first-order valence-electron chi connectivity index (χ1n) is 8.17. The Morgan fingerprint density at radius 2 is 2.24 bits per heavy atom. The molecule has 2 saturated heterocycles. The van der Waals surface area contributed by atoms with Crippen molar-refractivity contribution in [1.29, 1.82) is 0 Å². The summed E-state index contributed by atoms with van der Waals surface area (Å²) in [6, 6.07) is 0.491. The van der Waals surface area contributed by atoms with Crippen LogP contribution in [0.3, 0.4) is 0 Å². The predicted octanol–water partition coefficient (Wildman–Crippen LogP) is 2.29. The second-order valence-electron chi connectivity index (χ2n) is 7.27. The zero-order chi connectivity index (χ0) is 14.4. The van der Waals surface area contributed by atoms with E-state index in [0.717, 1.165) is 31.9 Å². The van der Waals surface area contributed by atoms with Crippen LogP contribution in [0.25, 0.3) is 0 Å². The molecule has 1 N–H and O–H groups in total. The standard InChI is InChI=1S/C16H25N3O2/c1-16(2)14(13-5-7-21-15(13)16)18-11-8-17-19(9-11)10-12-4-3-6-20-12/h8-9,12-15,18H,3-7,10H2,1-2H3. The molecule has 1 aromatic heterocycles. The van der Waals surface area contributed by atoms with Gasteiger partial charge in [0.2, 0.25) is 0 Å². The van der Waals surface area contributed by atoms with E-state index in [1.807, 2.05) is 10.9 Å². The van der Waals surface area contributed by atoms with E-state index < -0.39 is 0 Å². The molecule has 1 saturated carbocycles. The van der Waals surface area contributed by atoms with Crippen LogP contribution in [0.15, 0.2) is 12.4 Å². The minimum absolute atomic E-state index is 0.206. The SMILES string of the molecule is CC1(C)C(Nc2cnn(CC3CCCO3)c2)C2CCOC21. The Morgan fingerprint density at radius 1 is 1.33 bits per heavy atom. The molecule has 21 heavy (non-hydrogen) atoms. The summed E-state index contributed by atoms with van der Waals surface area (Å²) in [5.74, 6) is 0.654. The van der Waals surface area contributed by atoms with Gasteiger partial charge in [-0.15, -0.1) is 0 Å². The molecule has 4 unspecified atom stereocenters. The van der Waals surface area contributed by atoms with Gasteiger partial charge in [0.15, 0.2) is 0 Å². The molecule has 3 aliphatic rings. The van der Waals surface area contributed by atoms with Crippen molar-refractivity contribution in [2.45, 2.75) is 57.9 Å². The maximum Gasteiger partial charge on any atom is 0.0771 e. The molecule has 1 aliphatic carbocycles. The number of nitrogens with zero attached hydrogens (tertiary/aromatic N) is 2. The third kappa shape index (κ3) is 2.27. The van der Waals surface area contributed by atoms with Crippen molar-refractivity contribution in [1.82, 2.24) is 9.78 Å². The number of anilines is 1. The molecule has 3 heterocycles. The Bertz CT molecular complexity index is 507. The lowest BCUT2D eigenvalue weighted by molar-refractivity contribution is -0.0923. The number of fused-ring (bicyclic) bond motifs is 1. The minimum Gasteiger partial charge on any atom is -0.379 e. The molecule has 3 fully saturated rings. The largest absolute Gasteiger partial charge is 0.379 e. The fourth-order valence-electron chi connectivity index (χ4n) is 4.33. The van der Waals surface area contributed by atoms with Crippen molar-refractivity contribution in [2.75, 3.05) is 18.5 Å². The average molecular weight is 291 g/mol. The summed E-state index contributed by atoms with van der Waals surface area (Å²) in [4.78, 5) is 0. The third-order valence-corrected chi connectivity index (χ3v) is 5.47. The van der Waals surface area contributed by atoms with E-state index in [0.29, 0.717) is 24.2 Å². The Morgan fingerprint density at radius 3 is 3.05 bits per heavy atom. The summed E-state index contributed by atoms with van der Waals surface area (Å²) in [6.07, 6.45) is 8.32. The smallest absolute Gasteiger partial charge is 0.0771 e. The Labute approximate surface area is 126 Å². The molecule has 4 rings (SSSR count). The lowest BCUT2D eigenvalue weighted by atomic mass is 9.57. The van der Waals surface area contributed by atoms with Crippen LogP contribution in [0.5, 0.6) is 0 Å². The van der Waals surface area contributed by atoms with Crippen LogP contribution < -0.4 is 5.32 Å². The molecule has 0 aromatic carbocycles. The maximum absolute atomic E-state index is 5.85. The molecule has 116 valence electrons. The molecular formula is C16H25N3O2. The monoisotopic (exact) mass is 291 g/mol. The molecular weight excluding hydrogens is 266 g/mol. The number of hydrogen-bond acceptors (Lipinski definition) is 4. The van der Waals surface area contributed by atoms with Crippen LogP contribution >= 0.6 is 0 Å². The van der Waals surface area contributed by atoms with E-state index in [2.05, 4.69) is 30.5 Å². The van der Waals surface area contributed by atoms with E-state index >= 15 is 0 Å². The quantitative estimate of drug-likeness (QED) is 0.924. The molecule has 2 aliphatic heterocycles. The predicted molar refractivity (Wildman–Crippen MR) is 80.2 cm³/mol. The topological polar surface area (TPSA) is 48.3 Å². The van der Waals surface area contributed by atoms with Gasteiger partial charge in [0.25, 0.3) is 0 Å². The highest BCUT2D eigenvalue weighted by molar-refractivity contribution is 5.42. The van der Waals surface area contributed by atoms with Gasteiger partial charge in [0.1, 0.15) is 0 Å². The normalized spacial score (nSPS) is 37.2. The van der Waals surface area contributed by atoms with Crippen molar-refractivity contribution in [3.63, 3.8) is 0 Å². The lowest BCUT2D eigenvalue weighted by Gasteiger charge is -2.54. The molecule has 0 radical (unpaired) electrons. The highest BCUT2D eigenvalue weighted by Gasteiger charge is 2.59. The molecule has 4 atom stereocenters. The first-order chi connectivity index (χ1) is 10.1. The summed E-state index contributed by atoms with van der Waals surface area (Å²) >= 11 is 0. The molecule has 1 aromatic rings. The van der Waals surface area contributed by atoms with Gasteiger partial charge in [-0.05, 0) is 19.3 Å². The van der Waals surface area contributed by atoms with Gasteiger partial charge in [-0.25, -0.2) is 0 Å². The number of rotatable bonds is 4. The molecule has 0 bridgehead atoms. The molecule has 5 heteroatoms. The Balaban J connectivity index is 1.40. The Kier molecular flexibility index (Phi) is 3.23. The van der Waals surface area contributed by atoms with Crippen LogP contribution in [-0.4, -0.2) is 41.2 Å². The van der Waals surface area contributed by atoms with Gasteiger partial charge in [-0.1, -0.05) is 13.8 Å². The van der Waals surface area contributed by atoms with Gasteiger partial charge >= 0.3 is 0 Å². The molecule has 5 nitrogen and oxygen atoms in total. The van der Waals surface area contributed by atoms with Crippen LogP contribution in [0, 0.1) is 11.3 Å². The van der Waals surface area contributed by atoms with E-state index in [4.69, 9.17) is 9.47 Å². The van der Waals surface area contributed by atoms with Crippen LogP contribution in [0.1, 0.15) is 33.1 Å².